The molecule has 0 unspecified atom stereocenters. The Bertz CT molecular complexity index is 1190. The first-order valence-electron chi connectivity index (χ1n) is 9.74. The van der Waals surface area contributed by atoms with Crippen molar-refractivity contribution in [3.8, 4) is 0 Å². The molecule has 0 aliphatic rings. The predicted octanol–water partition coefficient (Wildman–Crippen LogP) is 3.39. The summed E-state index contributed by atoms with van der Waals surface area (Å²) < 4.78 is 11.6. The van der Waals surface area contributed by atoms with Crippen molar-refractivity contribution in [2.75, 3.05) is 11.1 Å². The highest BCUT2D eigenvalue weighted by molar-refractivity contribution is 5.85. The van der Waals surface area contributed by atoms with Gasteiger partial charge in [-0.3, -0.25) is 14.7 Å². The molecule has 0 aliphatic heterocycles. The number of amides is 1. The molecule has 1 amide bonds. The van der Waals surface area contributed by atoms with E-state index < -0.39 is 30.0 Å². The minimum atomic E-state index is -1.15. The minimum Gasteiger partial charge on any atom is -0.480 e. The van der Waals surface area contributed by atoms with Gasteiger partial charge in [0.25, 0.3) is 0 Å². The third-order valence-corrected chi connectivity index (χ3v) is 4.42. The lowest BCUT2D eigenvalue weighted by Gasteiger charge is -2.19. The maximum atomic E-state index is 12.1. The molecule has 0 radical (unpaired) electrons. The summed E-state index contributed by atoms with van der Waals surface area (Å²) in [5.41, 5.74) is 8.69. The summed E-state index contributed by atoms with van der Waals surface area (Å²) >= 11 is 0. The van der Waals surface area contributed by atoms with Crippen LogP contribution in [-0.4, -0.2) is 27.3 Å². The van der Waals surface area contributed by atoms with Crippen molar-refractivity contribution >= 4 is 34.5 Å². The number of nitrogens with zero attached hydrogens (tertiary/aromatic N) is 1. The summed E-state index contributed by atoms with van der Waals surface area (Å²) in [6.45, 7) is 4.86. The van der Waals surface area contributed by atoms with Crippen LogP contribution in [0.2, 0.25) is 0 Å². The Balaban J connectivity index is 1.79. The molecule has 9 heteroatoms. The van der Waals surface area contributed by atoms with E-state index in [1.165, 1.54) is 6.07 Å². The van der Waals surface area contributed by atoms with Crippen LogP contribution >= 0.6 is 0 Å². The van der Waals surface area contributed by atoms with Crippen LogP contribution in [0.4, 0.5) is 16.2 Å². The number of aryl methyl sites for hydroxylation is 2. The predicted molar refractivity (Wildman–Crippen MR) is 116 cm³/mol. The zero-order valence-electron chi connectivity index (χ0n) is 17.6. The van der Waals surface area contributed by atoms with Crippen LogP contribution in [0.1, 0.15) is 31.9 Å². The van der Waals surface area contributed by atoms with Gasteiger partial charge < -0.3 is 20.0 Å². The lowest BCUT2D eigenvalue weighted by atomic mass is 10.0. The number of anilines is 2. The number of carboxylic acid groups (broad SMARTS) is 1. The number of fused-ring (bicyclic) bond motifs is 1. The van der Waals surface area contributed by atoms with Crippen LogP contribution in [0, 0.1) is 0 Å². The summed E-state index contributed by atoms with van der Waals surface area (Å²) in [4.78, 5) is 35.1. The number of nitrogens with one attached hydrogen (secondary N) is 1. The summed E-state index contributed by atoms with van der Waals surface area (Å²) in [5, 5.41) is 11.7. The molecule has 4 N–H and O–H groups in total. The number of oxazole rings is 1. The maximum absolute atomic E-state index is 12.1. The molecule has 1 heterocycles. The quantitative estimate of drug-likeness (QED) is 0.513. The van der Waals surface area contributed by atoms with Gasteiger partial charge in [-0.15, -0.1) is 0 Å². The van der Waals surface area contributed by atoms with Gasteiger partial charge in [0.15, 0.2) is 5.58 Å². The van der Waals surface area contributed by atoms with Crippen LogP contribution in [0.3, 0.4) is 0 Å². The molecule has 0 fully saturated rings. The van der Waals surface area contributed by atoms with Crippen molar-refractivity contribution in [1.82, 2.24) is 4.57 Å². The van der Waals surface area contributed by atoms with Crippen molar-refractivity contribution < 1.29 is 23.8 Å². The first kappa shape index (κ1) is 21.9. The van der Waals surface area contributed by atoms with Gasteiger partial charge in [0.2, 0.25) is 0 Å². The molecule has 3 aromatic rings. The first-order valence-corrected chi connectivity index (χ1v) is 9.74. The summed E-state index contributed by atoms with van der Waals surface area (Å²) in [6.07, 6.45) is 0.539. The van der Waals surface area contributed by atoms with Crippen molar-refractivity contribution in [3.05, 3.63) is 58.1 Å². The number of carboxylic acids is 1. The topological polar surface area (TPSA) is 137 Å². The SMILES string of the molecule is CC(C)(C)OC(=O)Nc1cccc(CCc2cc(N)cc3c2oc(=O)n3CC(=O)O)c1. The van der Waals surface area contributed by atoms with E-state index in [1.54, 1.807) is 32.9 Å². The number of hydrogen-bond donors (Lipinski definition) is 3. The number of carbonyl (C=O) groups excluding carboxylic acids is 1. The standard InChI is InChI=1S/C22H25N3O6/c1-22(2,3)31-20(28)24-16-6-4-5-13(9-16)7-8-14-10-15(23)11-17-19(14)30-21(29)25(17)12-18(26)27/h4-6,9-11H,7-8,12,23H2,1-3H3,(H,24,28)(H,26,27). The molecule has 0 atom stereocenters. The van der Waals surface area contributed by atoms with E-state index in [0.29, 0.717) is 40.9 Å². The van der Waals surface area contributed by atoms with Crippen molar-refractivity contribution in [2.45, 2.75) is 45.8 Å². The van der Waals surface area contributed by atoms with Gasteiger partial charge in [-0.2, -0.15) is 0 Å². The number of benzene rings is 2. The Labute approximate surface area is 178 Å². The van der Waals surface area contributed by atoms with Crippen LogP contribution in [0.5, 0.6) is 0 Å². The van der Waals surface area contributed by atoms with Crippen LogP contribution in [0.15, 0.2) is 45.6 Å². The number of aliphatic carboxylic acids is 1. The Morgan fingerprint density at radius 1 is 1.19 bits per heavy atom. The molecule has 0 spiro atoms. The number of ether oxygens (including phenoxy) is 1. The lowest BCUT2D eigenvalue weighted by Crippen LogP contribution is -2.27. The number of nitrogens with two attached hydrogens (primary N) is 1. The van der Waals surface area contributed by atoms with E-state index in [0.717, 1.165) is 10.1 Å². The minimum absolute atomic E-state index is 0.323. The van der Waals surface area contributed by atoms with E-state index in [4.69, 9.17) is 20.0 Å². The van der Waals surface area contributed by atoms with Crippen molar-refractivity contribution in [1.29, 1.82) is 0 Å². The Kier molecular flexibility index (Phi) is 6.05. The van der Waals surface area contributed by atoms with Gasteiger partial charge >= 0.3 is 17.8 Å². The lowest BCUT2D eigenvalue weighted by molar-refractivity contribution is -0.137. The van der Waals surface area contributed by atoms with E-state index in [9.17, 15) is 14.4 Å². The molecule has 1 aromatic heterocycles. The van der Waals surface area contributed by atoms with Crippen LogP contribution < -0.4 is 16.8 Å². The van der Waals surface area contributed by atoms with Gasteiger partial charge in [-0.25, -0.2) is 9.59 Å². The van der Waals surface area contributed by atoms with Crippen molar-refractivity contribution in [2.24, 2.45) is 0 Å². The number of hydrogen-bond acceptors (Lipinski definition) is 6. The Morgan fingerprint density at radius 2 is 1.94 bits per heavy atom. The molecule has 0 aliphatic carbocycles. The molecule has 0 saturated heterocycles. The molecule has 31 heavy (non-hydrogen) atoms. The molecular formula is C22H25N3O6. The third-order valence-electron chi connectivity index (χ3n) is 4.42. The number of nitrogen functional groups attached to an aromatic ring is 1. The Hall–Kier alpha value is -3.75. The fraction of sp³-hybridized carbons (Fsp3) is 0.318. The van der Waals surface area contributed by atoms with Gasteiger partial charge in [0.1, 0.15) is 12.1 Å². The molecular weight excluding hydrogens is 402 g/mol. The number of rotatable bonds is 6. The third kappa shape index (κ3) is 5.65. The highest BCUT2D eigenvalue weighted by atomic mass is 16.6. The summed E-state index contributed by atoms with van der Waals surface area (Å²) in [5.74, 6) is -1.89. The zero-order valence-corrected chi connectivity index (χ0v) is 17.6. The fourth-order valence-electron chi connectivity index (χ4n) is 3.23. The van der Waals surface area contributed by atoms with Gasteiger partial charge in [-0.1, -0.05) is 12.1 Å². The average Bonchev–Trinajstić information content (AvgIpc) is 2.93. The van der Waals surface area contributed by atoms with Crippen LogP contribution in [-0.2, 0) is 28.9 Å². The Morgan fingerprint density at radius 3 is 2.61 bits per heavy atom. The fourth-order valence-corrected chi connectivity index (χ4v) is 3.23. The highest BCUT2D eigenvalue weighted by Gasteiger charge is 2.17. The molecule has 9 nitrogen and oxygen atoms in total. The second kappa shape index (κ2) is 8.55. The zero-order chi connectivity index (χ0) is 22.8. The molecule has 0 bridgehead atoms. The van der Waals surface area contributed by atoms with E-state index in [-0.39, 0.29) is 0 Å². The number of aromatic nitrogens is 1. The average molecular weight is 427 g/mol. The largest absolute Gasteiger partial charge is 0.480 e. The summed E-state index contributed by atoms with van der Waals surface area (Å²) in [6, 6.07) is 10.6. The molecule has 3 rings (SSSR count). The van der Waals surface area contributed by atoms with Gasteiger partial charge in [0, 0.05) is 11.4 Å². The smallest absolute Gasteiger partial charge is 0.420 e. The van der Waals surface area contributed by atoms with Crippen molar-refractivity contribution in [3.63, 3.8) is 0 Å². The van der Waals surface area contributed by atoms with E-state index in [1.807, 2.05) is 18.2 Å². The van der Waals surface area contributed by atoms with E-state index >= 15 is 0 Å². The van der Waals surface area contributed by atoms with E-state index in [2.05, 4.69) is 5.32 Å². The van der Waals surface area contributed by atoms with Gasteiger partial charge in [0.05, 0.1) is 5.52 Å². The normalized spacial score (nSPS) is 11.5. The van der Waals surface area contributed by atoms with Crippen LogP contribution in [0.25, 0.3) is 11.1 Å². The van der Waals surface area contributed by atoms with Gasteiger partial charge in [-0.05, 0) is 69.0 Å². The number of carbonyl (C=O) groups is 2. The molecule has 164 valence electrons. The highest BCUT2D eigenvalue weighted by Crippen LogP contribution is 2.24. The monoisotopic (exact) mass is 427 g/mol. The summed E-state index contributed by atoms with van der Waals surface area (Å²) in [7, 11) is 0. The maximum Gasteiger partial charge on any atom is 0.420 e. The molecule has 2 aromatic carbocycles. The molecule has 0 saturated carbocycles. The first-order chi connectivity index (χ1) is 14.5. The second-order valence-electron chi connectivity index (χ2n) is 8.20. The second-order valence-corrected chi connectivity index (χ2v) is 8.20.